The number of benzene rings is 1. The van der Waals surface area contributed by atoms with Crippen LogP contribution >= 0.6 is 0 Å². The number of anilines is 2. The summed E-state index contributed by atoms with van der Waals surface area (Å²) in [6, 6.07) is 9.70. The van der Waals surface area contributed by atoms with E-state index in [2.05, 4.69) is 20.6 Å². The van der Waals surface area contributed by atoms with Crippen molar-refractivity contribution in [3.05, 3.63) is 51.8 Å². The van der Waals surface area contributed by atoms with Crippen molar-refractivity contribution in [1.29, 1.82) is 0 Å². The molecule has 1 aromatic carbocycles. The molecule has 8 nitrogen and oxygen atoms in total. The minimum absolute atomic E-state index is 0.0516. The van der Waals surface area contributed by atoms with Gasteiger partial charge in [-0.2, -0.15) is 4.98 Å². The SMILES string of the molecule is Nc1nc2c(c(=O)[nH]1)[C@@H](C(=O)NCCc1ccccc1)CC(=O)N2. The lowest BCUT2D eigenvalue weighted by atomic mass is 9.92. The van der Waals surface area contributed by atoms with Gasteiger partial charge in [0, 0.05) is 13.0 Å². The van der Waals surface area contributed by atoms with Crippen LogP contribution < -0.4 is 21.9 Å². The average Bonchev–Trinajstić information content (AvgIpc) is 2.54. The highest BCUT2D eigenvalue weighted by molar-refractivity contribution is 6.00. The first-order valence-electron chi connectivity index (χ1n) is 7.56. The quantitative estimate of drug-likeness (QED) is 0.634. The Balaban J connectivity index is 1.74. The lowest BCUT2D eigenvalue weighted by Crippen LogP contribution is -2.39. The average molecular weight is 327 g/mol. The van der Waals surface area contributed by atoms with Crippen LogP contribution in [-0.2, 0) is 16.0 Å². The van der Waals surface area contributed by atoms with Crippen LogP contribution in [0.4, 0.5) is 11.8 Å². The first-order chi connectivity index (χ1) is 11.5. The van der Waals surface area contributed by atoms with E-state index in [4.69, 9.17) is 5.73 Å². The molecule has 0 fully saturated rings. The first kappa shape index (κ1) is 15.7. The zero-order valence-electron chi connectivity index (χ0n) is 12.8. The van der Waals surface area contributed by atoms with Gasteiger partial charge in [0.05, 0.1) is 11.5 Å². The molecule has 24 heavy (non-hydrogen) atoms. The number of nitrogens with two attached hydrogens (primary N) is 1. The fourth-order valence-corrected chi connectivity index (χ4v) is 2.71. The van der Waals surface area contributed by atoms with Gasteiger partial charge in [0.25, 0.3) is 5.56 Å². The summed E-state index contributed by atoms with van der Waals surface area (Å²) in [5, 5.41) is 5.25. The summed E-state index contributed by atoms with van der Waals surface area (Å²) in [6.07, 6.45) is 0.563. The number of hydrogen-bond acceptors (Lipinski definition) is 5. The number of fused-ring (bicyclic) bond motifs is 1. The normalized spacial score (nSPS) is 16.2. The number of carbonyl (C=O) groups excluding carboxylic acids is 2. The Morgan fingerprint density at radius 3 is 2.79 bits per heavy atom. The molecule has 2 amide bonds. The fraction of sp³-hybridized carbons (Fsp3) is 0.250. The van der Waals surface area contributed by atoms with E-state index in [1.165, 1.54) is 0 Å². The third kappa shape index (κ3) is 3.27. The largest absolute Gasteiger partial charge is 0.369 e. The molecule has 0 bridgehead atoms. The summed E-state index contributed by atoms with van der Waals surface area (Å²) in [4.78, 5) is 42.6. The van der Waals surface area contributed by atoms with E-state index in [1.54, 1.807) is 0 Å². The molecule has 2 aromatic rings. The molecule has 5 N–H and O–H groups in total. The monoisotopic (exact) mass is 327 g/mol. The minimum Gasteiger partial charge on any atom is -0.369 e. The number of aromatic nitrogens is 2. The van der Waals surface area contributed by atoms with Crippen LogP contribution in [0.5, 0.6) is 0 Å². The summed E-state index contributed by atoms with van der Waals surface area (Å²) >= 11 is 0. The van der Waals surface area contributed by atoms with Crippen molar-refractivity contribution >= 4 is 23.6 Å². The molecule has 0 saturated heterocycles. The number of rotatable bonds is 4. The second-order valence-electron chi connectivity index (χ2n) is 5.54. The highest BCUT2D eigenvalue weighted by Crippen LogP contribution is 2.28. The van der Waals surface area contributed by atoms with E-state index in [0.717, 1.165) is 5.56 Å². The molecular weight excluding hydrogens is 310 g/mol. The van der Waals surface area contributed by atoms with Crippen LogP contribution in [0.3, 0.4) is 0 Å². The number of nitrogen functional groups attached to an aromatic ring is 1. The van der Waals surface area contributed by atoms with Crippen LogP contribution in [-0.4, -0.2) is 28.3 Å². The maximum Gasteiger partial charge on any atom is 0.258 e. The molecule has 8 heteroatoms. The van der Waals surface area contributed by atoms with E-state index < -0.39 is 11.5 Å². The lowest BCUT2D eigenvalue weighted by Gasteiger charge is -2.23. The second kappa shape index (κ2) is 6.53. The van der Waals surface area contributed by atoms with Gasteiger partial charge in [-0.1, -0.05) is 30.3 Å². The molecular formula is C16H17N5O3. The Labute approximate surface area is 137 Å². The van der Waals surface area contributed by atoms with Gasteiger partial charge in [0.1, 0.15) is 5.82 Å². The van der Waals surface area contributed by atoms with Crippen LogP contribution in [0.1, 0.15) is 23.5 Å². The van der Waals surface area contributed by atoms with Gasteiger partial charge < -0.3 is 16.4 Å². The van der Waals surface area contributed by atoms with Crippen LogP contribution in [0, 0.1) is 0 Å². The third-order valence-electron chi connectivity index (χ3n) is 3.84. The smallest absolute Gasteiger partial charge is 0.258 e. The molecule has 0 radical (unpaired) electrons. The number of H-pyrrole nitrogens is 1. The Kier molecular flexibility index (Phi) is 4.28. The minimum atomic E-state index is -0.874. The van der Waals surface area contributed by atoms with Crippen LogP contribution in [0.25, 0.3) is 0 Å². The Morgan fingerprint density at radius 2 is 2.04 bits per heavy atom. The number of amides is 2. The number of aromatic amines is 1. The Bertz CT molecular complexity index is 831. The van der Waals surface area contributed by atoms with Gasteiger partial charge in [-0.25, -0.2) is 0 Å². The van der Waals surface area contributed by atoms with Gasteiger partial charge >= 0.3 is 0 Å². The summed E-state index contributed by atoms with van der Waals surface area (Å²) in [6.45, 7) is 0.413. The second-order valence-corrected chi connectivity index (χ2v) is 5.54. The predicted molar refractivity (Wildman–Crippen MR) is 88.4 cm³/mol. The summed E-state index contributed by atoms with van der Waals surface area (Å²) < 4.78 is 0. The van der Waals surface area contributed by atoms with Crippen LogP contribution in [0.15, 0.2) is 35.1 Å². The van der Waals surface area contributed by atoms with Crippen molar-refractivity contribution in [3.8, 4) is 0 Å². The summed E-state index contributed by atoms with van der Waals surface area (Å²) in [5.74, 6) is -1.68. The molecule has 0 unspecified atom stereocenters. The molecule has 0 aliphatic carbocycles. The van der Waals surface area contributed by atoms with E-state index in [9.17, 15) is 14.4 Å². The number of nitrogens with zero attached hydrogens (tertiary/aromatic N) is 1. The molecule has 2 heterocycles. The molecule has 1 aromatic heterocycles. The number of hydrogen-bond donors (Lipinski definition) is 4. The van der Waals surface area contributed by atoms with Crippen molar-refractivity contribution in [2.45, 2.75) is 18.8 Å². The molecule has 0 spiro atoms. The Hall–Kier alpha value is -3.16. The number of carbonyl (C=O) groups is 2. The van der Waals surface area contributed by atoms with E-state index in [0.29, 0.717) is 13.0 Å². The van der Waals surface area contributed by atoms with Gasteiger partial charge in [0.2, 0.25) is 17.8 Å². The van der Waals surface area contributed by atoms with Gasteiger partial charge in [-0.3, -0.25) is 19.4 Å². The summed E-state index contributed by atoms with van der Waals surface area (Å²) in [7, 11) is 0. The van der Waals surface area contributed by atoms with Gasteiger partial charge in [-0.05, 0) is 12.0 Å². The maximum atomic E-state index is 12.4. The Morgan fingerprint density at radius 1 is 1.29 bits per heavy atom. The maximum absolute atomic E-state index is 12.4. The first-order valence-corrected chi connectivity index (χ1v) is 7.56. The highest BCUT2D eigenvalue weighted by atomic mass is 16.2. The molecule has 124 valence electrons. The molecule has 0 saturated carbocycles. The summed E-state index contributed by atoms with van der Waals surface area (Å²) in [5.41, 5.74) is 6.19. The van der Waals surface area contributed by atoms with Crippen molar-refractivity contribution in [2.75, 3.05) is 17.6 Å². The van der Waals surface area contributed by atoms with E-state index >= 15 is 0 Å². The highest BCUT2D eigenvalue weighted by Gasteiger charge is 2.34. The molecule has 1 aliphatic rings. The van der Waals surface area contributed by atoms with Crippen molar-refractivity contribution in [2.24, 2.45) is 0 Å². The van der Waals surface area contributed by atoms with Crippen molar-refractivity contribution < 1.29 is 9.59 Å². The fourth-order valence-electron chi connectivity index (χ4n) is 2.71. The standard InChI is InChI=1S/C16H17N5O3/c17-16-20-13-12(15(24)21-16)10(8-11(22)19-13)14(23)18-7-6-9-4-2-1-3-5-9/h1-5,10H,6-8H2,(H,18,23)(H4,17,19,20,21,22,24)/t10-/m0/s1. The lowest BCUT2D eigenvalue weighted by molar-refractivity contribution is -0.126. The van der Waals surface area contributed by atoms with Crippen molar-refractivity contribution in [1.82, 2.24) is 15.3 Å². The zero-order valence-corrected chi connectivity index (χ0v) is 12.8. The predicted octanol–water partition coefficient (Wildman–Crippen LogP) is 0.137. The zero-order chi connectivity index (χ0) is 17.1. The topological polar surface area (TPSA) is 130 Å². The molecule has 1 aliphatic heterocycles. The van der Waals surface area contributed by atoms with Crippen molar-refractivity contribution in [3.63, 3.8) is 0 Å². The third-order valence-corrected chi connectivity index (χ3v) is 3.84. The van der Waals surface area contributed by atoms with E-state index in [1.807, 2.05) is 30.3 Å². The molecule has 1 atom stereocenters. The van der Waals surface area contributed by atoms with E-state index in [-0.39, 0.29) is 35.6 Å². The molecule has 3 rings (SSSR count). The number of nitrogens with one attached hydrogen (secondary N) is 3. The van der Waals surface area contributed by atoms with Gasteiger partial charge in [0.15, 0.2) is 0 Å². The van der Waals surface area contributed by atoms with Crippen LogP contribution in [0.2, 0.25) is 0 Å². The van der Waals surface area contributed by atoms with Gasteiger partial charge in [-0.15, -0.1) is 0 Å².